The number of rotatable bonds is 0. The average Bonchev–Trinajstić information content (AvgIpc) is 2.20. The SMILES string of the molecule is C1=CC=CC=CC=C1.O=[C]=[Ru](=[C]=O)=[C]=O. The van der Waals surface area contributed by atoms with Gasteiger partial charge >= 0.3 is 42.4 Å². The summed E-state index contributed by atoms with van der Waals surface area (Å²) in [4.78, 5) is 28.1. The predicted molar refractivity (Wildman–Crippen MR) is 53.6 cm³/mol. The molecule has 0 N–H and O–H groups in total. The molecule has 0 aliphatic heterocycles. The molecule has 1 aliphatic carbocycles. The number of carbonyl (C=O) groups excluding carboxylic acids is 3. The fourth-order valence-corrected chi connectivity index (χ4v) is 0.775. The van der Waals surface area contributed by atoms with Gasteiger partial charge in [-0.3, -0.25) is 0 Å². The van der Waals surface area contributed by atoms with Crippen LogP contribution in [0.5, 0.6) is 0 Å². The van der Waals surface area contributed by atoms with Crippen LogP contribution in [0.2, 0.25) is 0 Å². The molecule has 0 heterocycles. The van der Waals surface area contributed by atoms with E-state index in [0.29, 0.717) is 0 Å². The van der Waals surface area contributed by atoms with Crippen LogP contribution in [0, 0.1) is 0 Å². The third kappa shape index (κ3) is 8.65. The van der Waals surface area contributed by atoms with Gasteiger partial charge in [-0.1, -0.05) is 48.6 Å². The van der Waals surface area contributed by atoms with E-state index < -0.39 is 14.6 Å². The normalized spacial score (nSPS) is 11.5. The molecule has 0 bridgehead atoms. The zero-order valence-electron chi connectivity index (χ0n) is 7.70. The predicted octanol–water partition coefficient (Wildman–Crippen LogP) is 1.03. The summed E-state index contributed by atoms with van der Waals surface area (Å²) in [5.74, 6) is 0. The van der Waals surface area contributed by atoms with E-state index >= 15 is 0 Å². The number of allylic oxidation sites excluding steroid dienone is 8. The topological polar surface area (TPSA) is 51.2 Å². The first-order chi connectivity index (χ1) is 7.35. The van der Waals surface area contributed by atoms with Crippen molar-refractivity contribution in [2.24, 2.45) is 0 Å². The number of hydrogen-bond donors (Lipinski definition) is 0. The fraction of sp³-hybridized carbons (Fsp3) is 0. The first-order valence-corrected chi connectivity index (χ1v) is 6.42. The molecule has 0 fully saturated rings. The van der Waals surface area contributed by atoms with Gasteiger partial charge in [0.1, 0.15) is 0 Å². The molecule has 78 valence electrons. The molecule has 0 saturated heterocycles. The number of hydrogen-bond acceptors (Lipinski definition) is 3. The molecule has 15 heavy (non-hydrogen) atoms. The van der Waals surface area contributed by atoms with E-state index in [4.69, 9.17) is 0 Å². The molecule has 0 saturated carbocycles. The molecule has 3 nitrogen and oxygen atoms in total. The summed E-state index contributed by atoms with van der Waals surface area (Å²) in [5, 5.41) is 0. The maximum atomic E-state index is 9.38. The van der Waals surface area contributed by atoms with E-state index in [-0.39, 0.29) is 0 Å². The molecule has 0 aromatic heterocycles. The van der Waals surface area contributed by atoms with Gasteiger partial charge < -0.3 is 0 Å². The molecule has 0 amide bonds. The van der Waals surface area contributed by atoms with Crippen LogP contribution in [0.3, 0.4) is 0 Å². The first-order valence-electron chi connectivity index (χ1n) is 3.81. The van der Waals surface area contributed by atoms with Crippen LogP contribution in [-0.4, -0.2) is 13.4 Å². The van der Waals surface area contributed by atoms with Gasteiger partial charge in [-0.25, -0.2) is 0 Å². The zero-order chi connectivity index (χ0) is 11.4. The molecule has 1 aliphatic rings. The van der Waals surface area contributed by atoms with Crippen molar-refractivity contribution in [2.45, 2.75) is 0 Å². The van der Waals surface area contributed by atoms with Gasteiger partial charge in [-0.05, 0) is 0 Å². The summed E-state index contributed by atoms with van der Waals surface area (Å²) in [5.41, 5.74) is 0. The van der Waals surface area contributed by atoms with Crippen molar-refractivity contribution in [3.63, 3.8) is 0 Å². The quantitative estimate of drug-likeness (QED) is 0.626. The average molecular weight is 289 g/mol. The Kier molecular flexibility index (Phi) is 9.24. The second-order valence-corrected chi connectivity index (χ2v) is 4.39. The van der Waals surface area contributed by atoms with Crippen LogP contribution in [0.4, 0.5) is 0 Å². The van der Waals surface area contributed by atoms with Gasteiger partial charge in [0.15, 0.2) is 0 Å². The minimum absolute atomic E-state index is 1.25. The second-order valence-electron chi connectivity index (χ2n) is 2.02. The van der Waals surface area contributed by atoms with Crippen molar-refractivity contribution in [3.8, 4) is 0 Å². The van der Waals surface area contributed by atoms with E-state index in [1.807, 2.05) is 48.6 Å². The summed E-state index contributed by atoms with van der Waals surface area (Å²) >= 11 is -2.62. The Hall–Kier alpha value is -1.68. The van der Waals surface area contributed by atoms with Crippen LogP contribution in [0.1, 0.15) is 0 Å². The Morgan fingerprint density at radius 3 is 0.800 bits per heavy atom. The fourth-order valence-electron chi connectivity index (χ4n) is 0.557. The summed E-state index contributed by atoms with van der Waals surface area (Å²) in [6.07, 6.45) is 16.0. The summed E-state index contributed by atoms with van der Waals surface area (Å²) in [6, 6.07) is 0. The molecular formula is C11H8O3Ru. The maximum absolute atomic E-state index is 9.38. The van der Waals surface area contributed by atoms with Crippen LogP contribution >= 0.6 is 0 Å². The van der Waals surface area contributed by atoms with Crippen molar-refractivity contribution in [1.82, 2.24) is 0 Å². The molecule has 0 atom stereocenters. The van der Waals surface area contributed by atoms with Crippen LogP contribution < -0.4 is 0 Å². The Labute approximate surface area is 91.2 Å². The Morgan fingerprint density at radius 1 is 0.533 bits per heavy atom. The van der Waals surface area contributed by atoms with E-state index in [2.05, 4.69) is 0 Å². The van der Waals surface area contributed by atoms with Crippen molar-refractivity contribution in [1.29, 1.82) is 0 Å². The van der Waals surface area contributed by atoms with E-state index in [1.165, 1.54) is 13.4 Å². The van der Waals surface area contributed by atoms with Gasteiger partial charge in [-0.2, -0.15) is 0 Å². The summed E-state index contributed by atoms with van der Waals surface area (Å²) in [6.45, 7) is 0. The van der Waals surface area contributed by atoms with Crippen LogP contribution in [-0.2, 0) is 29.0 Å². The van der Waals surface area contributed by atoms with Crippen molar-refractivity contribution < 1.29 is 29.0 Å². The standard InChI is InChI=1S/C8H8.3CO.Ru/c1-2-4-6-8-7-5-3-1;3*1-2;/h1-8H;;;;. The van der Waals surface area contributed by atoms with Gasteiger partial charge in [0, 0.05) is 0 Å². The Balaban J connectivity index is 0.000000265. The second kappa shape index (κ2) is 10.4. The van der Waals surface area contributed by atoms with Gasteiger partial charge in [0.2, 0.25) is 0 Å². The van der Waals surface area contributed by atoms with Crippen molar-refractivity contribution >= 4 is 13.4 Å². The van der Waals surface area contributed by atoms with Gasteiger partial charge in [0.25, 0.3) is 0 Å². The molecular weight excluding hydrogens is 281 g/mol. The van der Waals surface area contributed by atoms with Crippen molar-refractivity contribution in [3.05, 3.63) is 48.6 Å². The zero-order valence-corrected chi connectivity index (χ0v) is 9.44. The molecule has 0 radical (unpaired) electrons. The summed E-state index contributed by atoms with van der Waals surface area (Å²) < 4.78 is 3.74. The van der Waals surface area contributed by atoms with Gasteiger partial charge in [-0.15, -0.1) is 0 Å². The van der Waals surface area contributed by atoms with E-state index in [1.54, 1.807) is 0 Å². The molecule has 1 rings (SSSR count). The monoisotopic (exact) mass is 290 g/mol. The summed E-state index contributed by atoms with van der Waals surface area (Å²) in [7, 11) is 0. The van der Waals surface area contributed by atoms with Gasteiger partial charge in [0.05, 0.1) is 0 Å². The molecule has 0 spiro atoms. The van der Waals surface area contributed by atoms with E-state index in [0.717, 1.165) is 0 Å². The van der Waals surface area contributed by atoms with E-state index in [9.17, 15) is 14.4 Å². The third-order valence-electron chi connectivity index (χ3n) is 1.11. The molecule has 0 aromatic carbocycles. The molecule has 0 aromatic rings. The first kappa shape index (κ1) is 13.3. The minimum atomic E-state index is -2.62. The van der Waals surface area contributed by atoms with Crippen LogP contribution in [0.15, 0.2) is 48.6 Å². The van der Waals surface area contributed by atoms with Crippen molar-refractivity contribution in [2.75, 3.05) is 0 Å². The third-order valence-corrected chi connectivity index (χ3v) is 2.17. The molecule has 0 unspecified atom stereocenters. The Morgan fingerprint density at radius 2 is 0.733 bits per heavy atom. The van der Waals surface area contributed by atoms with Crippen LogP contribution in [0.25, 0.3) is 0 Å². The molecule has 4 heteroatoms. The Bertz CT molecular complexity index is 413.